The van der Waals surface area contributed by atoms with Crippen LogP contribution in [-0.2, 0) is 11.3 Å². The highest BCUT2D eigenvalue weighted by molar-refractivity contribution is 6.30. The standard InChI is InChI=1S/C22H19ClN6O2/c1-15-26-27-20-9-4-17(13-29(15)20)22(31)28(12-16-3-2-10-24-11-16)14-21(30)25-19-7-5-18(23)6-8-19/h2-11,13H,12,14H2,1H3,(H,25,30). The molecule has 3 heterocycles. The lowest BCUT2D eigenvalue weighted by atomic mass is 10.2. The number of amides is 2. The topological polar surface area (TPSA) is 92.5 Å². The van der Waals surface area contributed by atoms with Crippen molar-refractivity contribution in [3.63, 3.8) is 0 Å². The summed E-state index contributed by atoms with van der Waals surface area (Å²) in [5.41, 5.74) is 2.49. The number of carbonyl (C=O) groups is 2. The molecule has 8 nitrogen and oxygen atoms in total. The second-order valence-electron chi connectivity index (χ2n) is 6.97. The van der Waals surface area contributed by atoms with Gasteiger partial charge in [0.15, 0.2) is 5.65 Å². The number of nitrogens with zero attached hydrogens (tertiary/aromatic N) is 5. The molecular weight excluding hydrogens is 416 g/mol. The van der Waals surface area contributed by atoms with E-state index in [1.165, 1.54) is 4.90 Å². The average Bonchev–Trinajstić information content (AvgIpc) is 3.15. The molecule has 1 aromatic carbocycles. The number of halogens is 1. The Morgan fingerprint density at radius 2 is 1.90 bits per heavy atom. The molecule has 0 unspecified atom stereocenters. The lowest BCUT2D eigenvalue weighted by Gasteiger charge is -2.22. The van der Waals surface area contributed by atoms with Gasteiger partial charge in [0.05, 0.1) is 5.56 Å². The van der Waals surface area contributed by atoms with Crippen LogP contribution in [0.1, 0.15) is 21.7 Å². The predicted octanol–water partition coefficient (Wildman–Crippen LogP) is 3.37. The molecule has 0 aliphatic carbocycles. The first-order valence-corrected chi connectivity index (χ1v) is 9.92. The van der Waals surface area contributed by atoms with Crippen molar-refractivity contribution in [1.29, 1.82) is 0 Å². The van der Waals surface area contributed by atoms with Crippen LogP contribution in [0, 0.1) is 6.92 Å². The maximum atomic E-state index is 13.3. The predicted molar refractivity (Wildman–Crippen MR) is 117 cm³/mol. The molecule has 0 saturated carbocycles. The number of nitrogens with one attached hydrogen (secondary N) is 1. The molecule has 0 aliphatic heterocycles. The third kappa shape index (κ3) is 4.87. The van der Waals surface area contributed by atoms with Gasteiger partial charge in [-0.15, -0.1) is 10.2 Å². The van der Waals surface area contributed by atoms with Crippen molar-refractivity contribution in [3.05, 3.63) is 89.1 Å². The number of benzene rings is 1. The first-order chi connectivity index (χ1) is 15.0. The Labute approximate surface area is 183 Å². The average molecular weight is 435 g/mol. The molecular formula is C22H19ClN6O2. The molecule has 0 radical (unpaired) electrons. The number of aromatic nitrogens is 4. The van der Waals surface area contributed by atoms with Gasteiger partial charge in [-0.25, -0.2) is 0 Å². The molecule has 4 aromatic rings. The summed E-state index contributed by atoms with van der Waals surface area (Å²) in [6.07, 6.45) is 5.01. The highest BCUT2D eigenvalue weighted by Gasteiger charge is 2.20. The van der Waals surface area contributed by atoms with Gasteiger partial charge >= 0.3 is 0 Å². The summed E-state index contributed by atoms with van der Waals surface area (Å²) in [6, 6.07) is 13.8. The SMILES string of the molecule is Cc1nnc2ccc(C(=O)N(CC(=O)Nc3ccc(Cl)cc3)Cc3cccnc3)cn12. The van der Waals surface area contributed by atoms with Crippen molar-refractivity contribution in [3.8, 4) is 0 Å². The molecule has 0 fully saturated rings. The van der Waals surface area contributed by atoms with Crippen LogP contribution in [0.25, 0.3) is 5.65 Å². The molecule has 1 N–H and O–H groups in total. The lowest BCUT2D eigenvalue weighted by Crippen LogP contribution is -2.37. The second-order valence-corrected chi connectivity index (χ2v) is 7.41. The number of carbonyl (C=O) groups excluding carboxylic acids is 2. The minimum absolute atomic E-state index is 0.129. The van der Waals surface area contributed by atoms with Crippen molar-refractivity contribution in [1.82, 2.24) is 24.5 Å². The first-order valence-electron chi connectivity index (χ1n) is 9.54. The molecule has 31 heavy (non-hydrogen) atoms. The molecule has 0 bridgehead atoms. The van der Waals surface area contributed by atoms with Crippen LogP contribution >= 0.6 is 11.6 Å². The number of anilines is 1. The van der Waals surface area contributed by atoms with Crippen molar-refractivity contribution < 1.29 is 9.59 Å². The van der Waals surface area contributed by atoms with Gasteiger partial charge in [-0.05, 0) is 55.0 Å². The van der Waals surface area contributed by atoms with Crippen LogP contribution in [-0.4, -0.2) is 42.8 Å². The van der Waals surface area contributed by atoms with E-state index >= 15 is 0 Å². The smallest absolute Gasteiger partial charge is 0.256 e. The molecule has 2 amide bonds. The van der Waals surface area contributed by atoms with Crippen LogP contribution in [0.3, 0.4) is 0 Å². The molecule has 3 aromatic heterocycles. The minimum atomic E-state index is -0.318. The summed E-state index contributed by atoms with van der Waals surface area (Å²) in [4.78, 5) is 31.6. The van der Waals surface area contributed by atoms with Gasteiger partial charge in [-0.1, -0.05) is 17.7 Å². The number of hydrogen-bond donors (Lipinski definition) is 1. The van der Waals surface area contributed by atoms with Crippen molar-refractivity contribution in [2.75, 3.05) is 11.9 Å². The van der Waals surface area contributed by atoms with Crippen LogP contribution < -0.4 is 5.32 Å². The Bertz CT molecular complexity index is 1220. The van der Waals surface area contributed by atoms with E-state index in [4.69, 9.17) is 11.6 Å². The molecule has 0 spiro atoms. The van der Waals surface area contributed by atoms with E-state index in [-0.39, 0.29) is 24.9 Å². The van der Waals surface area contributed by atoms with Gasteiger partial charge in [0.1, 0.15) is 12.4 Å². The Morgan fingerprint density at radius 1 is 1.10 bits per heavy atom. The van der Waals surface area contributed by atoms with Crippen molar-refractivity contribution in [2.45, 2.75) is 13.5 Å². The zero-order valence-corrected chi connectivity index (χ0v) is 17.5. The Hall–Kier alpha value is -3.78. The highest BCUT2D eigenvalue weighted by Crippen LogP contribution is 2.15. The van der Waals surface area contributed by atoms with Crippen molar-refractivity contribution >= 4 is 34.7 Å². The largest absolute Gasteiger partial charge is 0.325 e. The van der Waals surface area contributed by atoms with E-state index in [9.17, 15) is 9.59 Å². The first kappa shape index (κ1) is 20.5. The molecule has 0 atom stereocenters. The fourth-order valence-electron chi connectivity index (χ4n) is 3.13. The second kappa shape index (κ2) is 8.93. The summed E-state index contributed by atoms with van der Waals surface area (Å²) in [6.45, 7) is 1.91. The summed E-state index contributed by atoms with van der Waals surface area (Å²) >= 11 is 5.89. The van der Waals surface area contributed by atoms with E-state index < -0.39 is 0 Å². The fourth-order valence-corrected chi connectivity index (χ4v) is 3.26. The van der Waals surface area contributed by atoms with Crippen LogP contribution in [0.5, 0.6) is 0 Å². The number of aryl methyl sites for hydroxylation is 1. The summed E-state index contributed by atoms with van der Waals surface area (Å²) < 4.78 is 1.74. The Balaban J connectivity index is 1.57. The van der Waals surface area contributed by atoms with E-state index in [1.54, 1.807) is 72.4 Å². The highest BCUT2D eigenvalue weighted by atomic mass is 35.5. The van der Waals surface area contributed by atoms with E-state index in [0.717, 1.165) is 5.56 Å². The van der Waals surface area contributed by atoms with Gasteiger partial charge in [0.2, 0.25) is 5.91 Å². The monoisotopic (exact) mass is 434 g/mol. The number of fused-ring (bicyclic) bond motifs is 1. The molecule has 4 rings (SSSR count). The van der Waals surface area contributed by atoms with E-state index in [1.807, 2.05) is 6.07 Å². The molecule has 0 aliphatic rings. The summed E-state index contributed by atoms with van der Waals surface area (Å²) in [5, 5.41) is 11.4. The van der Waals surface area contributed by atoms with Crippen LogP contribution in [0.15, 0.2) is 67.1 Å². The third-order valence-corrected chi connectivity index (χ3v) is 4.92. The zero-order valence-electron chi connectivity index (χ0n) is 16.7. The quantitative estimate of drug-likeness (QED) is 0.502. The summed E-state index contributed by atoms with van der Waals surface area (Å²) in [7, 11) is 0. The maximum Gasteiger partial charge on any atom is 0.256 e. The van der Waals surface area contributed by atoms with Gasteiger partial charge in [0.25, 0.3) is 5.91 Å². The normalized spacial score (nSPS) is 10.8. The summed E-state index contributed by atoms with van der Waals surface area (Å²) in [5.74, 6) is 0.0650. The van der Waals surface area contributed by atoms with E-state index in [0.29, 0.717) is 27.7 Å². The Morgan fingerprint density at radius 3 is 2.65 bits per heavy atom. The molecule has 156 valence electrons. The minimum Gasteiger partial charge on any atom is -0.325 e. The van der Waals surface area contributed by atoms with E-state index in [2.05, 4.69) is 20.5 Å². The fraction of sp³-hybridized carbons (Fsp3) is 0.136. The number of hydrogen-bond acceptors (Lipinski definition) is 5. The molecule has 9 heteroatoms. The van der Waals surface area contributed by atoms with Gasteiger partial charge < -0.3 is 10.2 Å². The molecule has 0 saturated heterocycles. The van der Waals surface area contributed by atoms with Crippen LogP contribution in [0.4, 0.5) is 5.69 Å². The van der Waals surface area contributed by atoms with Gasteiger partial charge in [-0.2, -0.15) is 0 Å². The lowest BCUT2D eigenvalue weighted by molar-refractivity contribution is -0.117. The zero-order chi connectivity index (χ0) is 21.8. The van der Waals surface area contributed by atoms with Gasteiger partial charge in [0, 0.05) is 35.8 Å². The van der Waals surface area contributed by atoms with Gasteiger partial charge in [-0.3, -0.25) is 19.0 Å². The number of rotatable bonds is 6. The van der Waals surface area contributed by atoms with Crippen molar-refractivity contribution in [2.24, 2.45) is 0 Å². The third-order valence-electron chi connectivity index (χ3n) is 4.67. The Kier molecular flexibility index (Phi) is 5.90. The number of pyridine rings is 2. The maximum absolute atomic E-state index is 13.3. The van der Waals surface area contributed by atoms with Crippen LogP contribution in [0.2, 0.25) is 5.02 Å².